The van der Waals surface area contributed by atoms with Gasteiger partial charge in [0.2, 0.25) is 0 Å². The number of hydrogen-bond donors (Lipinski definition) is 1. The number of nitrogens with zero attached hydrogens (tertiary/aromatic N) is 1. The number of carbonyl (C=O) groups excluding carboxylic acids is 2. The fraction of sp³-hybridized carbons (Fsp3) is 0.0556. The summed E-state index contributed by atoms with van der Waals surface area (Å²) in [7, 11) is 0. The van der Waals surface area contributed by atoms with Crippen LogP contribution >= 0.6 is 12.2 Å². The fourth-order valence-electron chi connectivity index (χ4n) is 2.45. The zero-order chi connectivity index (χ0) is 17.3. The topological polar surface area (TPSA) is 72.5 Å². The molecule has 0 radical (unpaired) electrons. The highest BCUT2D eigenvalue weighted by Crippen LogP contribution is 2.25. The standard InChI is InChI=1S/C18H14N2O3S/c1-11-4-2-3-5-15(11)20-16(21)14(19-18(20)24)10-12-6-8-13(9-7-12)17(22)23/h2-10H,1H3,(H,19,24)(H,22,23)/p-1/b14-10+. The van der Waals surface area contributed by atoms with Crippen LogP contribution in [0.5, 0.6) is 0 Å². The molecule has 1 aliphatic heterocycles. The zero-order valence-corrected chi connectivity index (χ0v) is 13.6. The molecule has 0 bridgehead atoms. The van der Waals surface area contributed by atoms with Crippen LogP contribution in [0.2, 0.25) is 0 Å². The minimum Gasteiger partial charge on any atom is -0.545 e. The first kappa shape index (κ1) is 15.9. The summed E-state index contributed by atoms with van der Waals surface area (Å²) >= 11 is 5.27. The van der Waals surface area contributed by atoms with E-state index in [9.17, 15) is 14.7 Å². The maximum absolute atomic E-state index is 12.7. The summed E-state index contributed by atoms with van der Waals surface area (Å²) in [5, 5.41) is 14.0. The highest BCUT2D eigenvalue weighted by atomic mass is 32.1. The number of amides is 1. The van der Waals surface area contributed by atoms with Crippen LogP contribution in [0.3, 0.4) is 0 Å². The van der Waals surface area contributed by atoms with E-state index in [1.807, 2.05) is 31.2 Å². The molecule has 1 aliphatic rings. The predicted octanol–water partition coefficient (Wildman–Crippen LogP) is 1.62. The van der Waals surface area contributed by atoms with E-state index in [4.69, 9.17) is 12.2 Å². The Morgan fingerprint density at radius 3 is 2.46 bits per heavy atom. The van der Waals surface area contributed by atoms with E-state index in [2.05, 4.69) is 5.32 Å². The third kappa shape index (κ3) is 2.91. The quantitative estimate of drug-likeness (QED) is 0.681. The molecule has 0 aliphatic carbocycles. The lowest BCUT2D eigenvalue weighted by Crippen LogP contribution is -2.30. The second kappa shape index (κ2) is 6.25. The lowest BCUT2D eigenvalue weighted by atomic mass is 10.1. The zero-order valence-electron chi connectivity index (χ0n) is 12.8. The van der Waals surface area contributed by atoms with Crippen molar-refractivity contribution in [1.29, 1.82) is 0 Å². The van der Waals surface area contributed by atoms with Crippen LogP contribution in [0.1, 0.15) is 21.5 Å². The Bertz CT molecular complexity index is 872. The summed E-state index contributed by atoms with van der Waals surface area (Å²) in [6.07, 6.45) is 1.63. The van der Waals surface area contributed by atoms with Gasteiger partial charge in [-0.3, -0.25) is 9.69 Å². The summed E-state index contributed by atoms with van der Waals surface area (Å²) in [5.41, 5.74) is 2.78. The smallest absolute Gasteiger partial charge is 0.281 e. The Labute approximate surface area is 144 Å². The van der Waals surface area contributed by atoms with Gasteiger partial charge in [-0.1, -0.05) is 42.5 Å². The number of aromatic carboxylic acids is 1. The Kier molecular flexibility index (Phi) is 4.14. The first-order valence-electron chi connectivity index (χ1n) is 7.21. The second-order valence-corrected chi connectivity index (χ2v) is 5.71. The largest absolute Gasteiger partial charge is 0.545 e. The molecule has 5 nitrogen and oxygen atoms in total. The van der Waals surface area contributed by atoms with Crippen molar-refractivity contribution in [3.63, 3.8) is 0 Å². The highest BCUT2D eigenvalue weighted by molar-refractivity contribution is 7.80. The molecule has 2 aromatic rings. The molecule has 1 fully saturated rings. The van der Waals surface area contributed by atoms with Crippen LogP contribution in [0.25, 0.3) is 6.08 Å². The molecule has 0 atom stereocenters. The molecule has 0 saturated carbocycles. The van der Waals surface area contributed by atoms with Gasteiger partial charge in [-0.15, -0.1) is 0 Å². The summed E-state index contributed by atoms with van der Waals surface area (Å²) in [6.45, 7) is 1.91. The van der Waals surface area contributed by atoms with Gasteiger partial charge >= 0.3 is 0 Å². The minimum atomic E-state index is -1.24. The molecule has 0 spiro atoms. The molecule has 6 heteroatoms. The molecule has 0 unspecified atom stereocenters. The summed E-state index contributed by atoms with van der Waals surface area (Å²) in [5.74, 6) is -1.49. The first-order valence-corrected chi connectivity index (χ1v) is 7.62. The molecule has 0 aromatic heterocycles. The van der Waals surface area contributed by atoms with E-state index in [1.54, 1.807) is 18.2 Å². The van der Waals surface area contributed by atoms with Crippen molar-refractivity contribution in [3.05, 3.63) is 70.9 Å². The van der Waals surface area contributed by atoms with Crippen molar-refractivity contribution < 1.29 is 14.7 Å². The van der Waals surface area contributed by atoms with Crippen LogP contribution < -0.4 is 15.3 Å². The van der Waals surface area contributed by atoms with Crippen LogP contribution in [-0.4, -0.2) is 17.0 Å². The average molecular weight is 337 g/mol. The lowest BCUT2D eigenvalue weighted by Gasteiger charge is -2.16. The van der Waals surface area contributed by atoms with Crippen LogP contribution in [0.15, 0.2) is 54.2 Å². The molecule has 1 saturated heterocycles. The minimum absolute atomic E-state index is 0.0833. The summed E-state index contributed by atoms with van der Waals surface area (Å²) in [4.78, 5) is 24.9. The van der Waals surface area contributed by atoms with Crippen LogP contribution in [-0.2, 0) is 4.79 Å². The van der Waals surface area contributed by atoms with Crippen molar-refractivity contribution in [2.75, 3.05) is 4.90 Å². The van der Waals surface area contributed by atoms with Gasteiger partial charge in [-0.2, -0.15) is 0 Å². The monoisotopic (exact) mass is 337 g/mol. The third-order valence-corrected chi connectivity index (χ3v) is 3.98. The van der Waals surface area contributed by atoms with E-state index in [-0.39, 0.29) is 11.5 Å². The van der Waals surface area contributed by atoms with Gasteiger partial charge in [0.1, 0.15) is 5.70 Å². The number of aryl methyl sites for hydroxylation is 1. The predicted molar refractivity (Wildman–Crippen MR) is 93.1 cm³/mol. The number of para-hydroxylation sites is 1. The number of nitrogens with one attached hydrogen (secondary N) is 1. The maximum atomic E-state index is 12.7. The maximum Gasteiger partial charge on any atom is 0.281 e. The number of carbonyl (C=O) groups is 2. The van der Waals surface area contributed by atoms with Gasteiger partial charge in [0.05, 0.1) is 11.7 Å². The number of hydrogen-bond acceptors (Lipinski definition) is 4. The number of thiocarbonyl (C=S) groups is 1. The molecule has 1 N–H and O–H groups in total. The third-order valence-electron chi connectivity index (χ3n) is 3.69. The molecule has 1 heterocycles. The molecular formula is C18H13N2O3S-. The summed E-state index contributed by atoms with van der Waals surface area (Å²) in [6, 6.07) is 13.5. The van der Waals surface area contributed by atoms with Gasteiger partial charge in [-0.25, -0.2) is 0 Å². The van der Waals surface area contributed by atoms with E-state index >= 15 is 0 Å². The number of benzene rings is 2. The number of carboxylic acid groups (broad SMARTS) is 1. The van der Waals surface area contributed by atoms with Crippen molar-refractivity contribution in [1.82, 2.24) is 5.32 Å². The molecule has 3 rings (SSSR count). The van der Waals surface area contributed by atoms with Crippen LogP contribution in [0.4, 0.5) is 5.69 Å². The van der Waals surface area contributed by atoms with Crippen molar-refractivity contribution in [2.24, 2.45) is 0 Å². The van der Waals surface area contributed by atoms with Gasteiger partial charge in [0.15, 0.2) is 5.11 Å². The summed E-state index contributed by atoms with van der Waals surface area (Å²) < 4.78 is 0. The van der Waals surface area contributed by atoms with E-state index < -0.39 is 5.97 Å². The molecule has 120 valence electrons. The van der Waals surface area contributed by atoms with Gasteiger partial charge in [0, 0.05) is 0 Å². The number of carboxylic acids is 1. The van der Waals surface area contributed by atoms with Crippen molar-refractivity contribution >= 4 is 41.0 Å². The van der Waals surface area contributed by atoms with Gasteiger partial charge in [0.25, 0.3) is 5.91 Å². The SMILES string of the molecule is Cc1ccccc1N1C(=O)/C(=C\c2ccc(C(=O)[O-])cc2)NC1=S. The normalized spacial score (nSPS) is 15.7. The number of anilines is 1. The second-order valence-electron chi connectivity index (χ2n) is 5.32. The fourth-order valence-corrected chi connectivity index (χ4v) is 2.74. The van der Waals surface area contributed by atoms with Crippen molar-refractivity contribution in [2.45, 2.75) is 6.92 Å². The molecule has 24 heavy (non-hydrogen) atoms. The Morgan fingerprint density at radius 2 is 1.83 bits per heavy atom. The number of rotatable bonds is 3. The van der Waals surface area contributed by atoms with Crippen LogP contribution in [0, 0.1) is 6.92 Å². The Hall–Kier alpha value is -2.99. The average Bonchev–Trinajstić information content (AvgIpc) is 2.83. The van der Waals surface area contributed by atoms with E-state index in [0.717, 1.165) is 11.3 Å². The Morgan fingerprint density at radius 1 is 1.17 bits per heavy atom. The van der Waals surface area contributed by atoms with E-state index in [0.29, 0.717) is 16.4 Å². The highest BCUT2D eigenvalue weighted by Gasteiger charge is 2.32. The van der Waals surface area contributed by atoms with Gasteiger partial charge in [-0.05, 0) is 48.0 Å². The Balaban J connectivity index is 1.91. The van der Waals surface area contributed by atoms with Crippen molar-refractivity contribution in [3.8, 4) is 0 Å². The molecular weight excluding hydrogens is 324 g/mol. The molecule has 2 aromatic carbocycles. The van der Waals surface area contributed by atoms with Gasteiger partial charge < -0.3 is 15.2 Å². The van der Waals surface area contributed by atoms with E-state index in [1.165, 1.54) is 17.0 Å². The first-order chi connectivity index (χ1) is 11.5. The lowest BCUT2D eigenvalue weighted by molar-refractivity contribution is -0.255. The molecule has 1 amide bonds.